The van der Waals surface area contributed by atoms with Gasteiger partial charge in [-0.25, -0.2) is 4.98 Å². The quantitative estimate of drug-likeness (QED) is 0.513. The molecule has 3 heterocycles. The first-order valence-corrected chi connectivity index (χ1v) is 8.34. The Morgan fingerprint density at radius 1 is 0.917 bits per heavy atom. The van der Waals surface area contributed by atoms with Crippen molar-refractivity contribution in [2.24, 2.45) is 0 Å². The summed E-state index contributed by atoms with van der Waals surface area (Å²) < 4.78 is 13.2. The van der Waals surface area contributed by atoms with Gasteiger partial charge in [0.2, 0.25) is 5.95 Å². The second-order valence-electron chi connectivity index (χ2n) is 6.40. The molecule has 0 spiro atoms. The average Bonchev–Trinajstić information content (AvgIpc) is 3.10. The van der Waals surface area contributed by atoms with Crippen LogP contribution in [-0.4, -0.2) is 15.0 Å². The Balaban J connectivity index is 1.88. The zero-order valence-corrected chi connectivity index (χ0v) is 13.1. The maximum Gasteiger partial charge on any atom is 0.212 e. The van der Waals surface area contributed by atoms with Gasteiger partial charge in [0.25, 0.3) is 0 Å². The molecule has 0 bridgehead atoms. The minimum Gasteiger partial charge on any atom is -0.354 e. The van der Waals surface area contributed by atoms with Crippen LogP contribution in [0.15, 0.2) is 42.7 Å². The van der Waals surface area contributed by atoms with Gasteiger partial charge in [-0.15, -0.1) is 0 Å². The van der Waals surface area contributed by atoms with E-state index in [4.69, 9.17) is 0 Å². The number of rotatable bonds is 1. The third-order valence-corrected chi connectivity index (χ3v) is 5.02. The molecule has 0 saturated carbocycles. The summed E-state index contributed by atoms with van der Waals surface area (Å²) in [5.41, 5.74) is 6.92. The van der Waals surface area contributed by atoms with Crippen LogP contribution in [0.3, 0.4) is 0 Å². The number of benzene rings is 1. The van der Waals surface area contributed by atoms with Crippen LogP contribution in [0.5, 0.6) is 0 Å². The predicted octanol–water partition coefficient (Wildman–Crippen LogP) is 4.80. The van der Waals surface area contributed by atoms with E-state index in [9.17, 15) is 4.39 Å². The molecule has 0 aliphatic heterocycles. The zero-order chi connectivity index (χ0) is 16.1. The molecule has 0 unspecified atom stereocenters. The third kappa shape index (κ3) is 1.96. The lowest BCUT2D eigenvalue weighted by atomic mass is 9.85. The van der Waals surface area contributed by atoms with E-state index in [1.54, 1.807) is 12.3 Å². The Morgan fingerprint density at radius 3 is 2.62 bits per heavy atom. The highest BCUT2D eigenvalue weighted by Gasteiger charge is 2.20. The number of H-pyrrole nitrogens is 1. The molecule has 5 rings (SSSR count). The molecule has 1 aromatic carbocycles. The predicted molar refractivity (Wildman–Crippen MR) is 93.4 cm³/mol. The maximum atomic E-state index is 13.2. The van der Waals surface area contributed by atoms with Gasteiger partial charge in [-0.05, 0) is 67.1 Å². The number of fused-ring (bicyclic) bond motifs is 5. The molecule has 3 nitrogen and oxygen atoms in total. The Labute approximate surface area is 138 Å². The summed E-state index contributed by atoms with van der Waals surface area (Å²) in [5, 5.41) is 2.50. The SMILES string of the molecule is Fc1ccc(-c2[nH]c3ccc4nccc4c3c3c2CCCC3)cn1. The van der Waals surface area contributed by atoms with Crippen molar-refractivity contribution in [2.45, 2.75) is 25.7 Å². The maximum absolute atomic E-state index is 13.2. The van der Waals surface area contributed by atoms with Gasteiger partial charge in [-0.3, -0.25) is 4.98 Å². The van der Waals surface area contributed by atoms with E-state index in [-0.39, 0.29) is 0 Å². The van der Waals surface area contributed by atoms with E-state index >= 15 is 0 Å². The van der Waals surface area contributed by atoms with Crippen molar-refractivity contribution in [1.82, 2.24) is 15.0 Å². The lowest BCUT2D eigenvalue weighted by Crippen LogP contribution is -2.08. The fraction of sp³-hybridized carbons (Fsp3) is 0.200. The van der Waals surface area contributed by atoms with Crippen molar-refractivity contribution in [2.75, 3.05) is 0 Å². The summed E-state index contributed by atoms with van der Waals surface area (Å²) in [6, 6.07) is 9.47. The smallest absolute Gasteiger partial charge is 0.212 e. The Morgan fingerprint density at radius 2 is 1.79 bits per heavy atom. The molecule has 24 heavy (non-hydrogen) atoms. The fourth-order valence-electron chi connectivity index (χ4n) is 3.95. The average molecular weight is 317 g/mol. The lowest BCUT2D eigenvalue weighted by Gasteiger charge is -2.22. The van der Waals surface area contributed by atoms with Crippen LogP contribution >= 0.6 is 0 Å². The second kappa shape index (κ2) is 5.13. The van der Waals surface area contributed by atoms with Gasteiger partial charge in [0.1, 0.15) is 0 Å². The number of pyridine rings is 2. The first kappa shape index (κ1) is 13.7. The highest BCUT2D eigenvalue weighted by Crippen LogP contribution is 2.37. The van der Waals surface area contributed by atoms with Crippen LogP contribution < -0.4 is 0 Å². The van der Waals surface area contributed by atoms with E-state index in [1.807, 2.05) is 6.20 Å². The summed E-state index contributed by atoms with van der Waals surface area (Å²) in [6.45, 7) is 0. The molecule has 3 aromatic heterocycles. The van der Waals surface area contributed by atoms with Crippen LogP contribution in [0.25, 0.3) is 33.1 Å². The molecule has 1 aliphatic rings. The molecule has 1 N–H and O–H groups in total. The minimum atomic E-state index is -0.446. The van der Waals surface area contributed by atoms with E-state index in [2.05, 4.69) is 33.2 Å². The van der Waals surface area contributed by atoms with Crippen molar-refractivity contribution in [3.8, 4) is 11.3 Å². The molecular weight excluding hydrogens is 301 g/mol. The van der Waals surface area contributed by atoms with Gasteiger partial charge in [-0.1, -0.05) is 0 Å². The third-order valence-electron chi connectivity index (χ3n) is 5.02. The van der Waals surface area contributed by atoms with Gasteiger partial charge in [0, 0.05) is 34.2 Å². The number of aromatic nitrogens is 3. The molecule has 4 aromatic rings. The largest absolute Gasteiger partial charge is 0.354 e. The molecule has 4 heteroatoms. The topological polar surface area (TPSA) is 41.6 Å². The zero-order valence-electron chi connectivity index (χ0n) is 13.1. The summed E-state index contributed by atoms with van der Waals surface area (Å²) in [6.07, 6.45) is 7.99. The van der Waals surface area contributed by atoms with Crippen molar-refractivity contribution in [3.05, 3.63) is 59.8 Å². The molecule has 0 radical (unpaired) electrons. The number of nitrogens with zero attached hydrogens (tertiary/aromatic N) is 2. The summed E-state index contributed by atoms with van der Waals surface area (Å²) in [4.78, 5) is 11.9. The lowest BCUT2D eigenvalue weighted by molar-refractivity contribution is 0.584. The Bertz CT molecular complexity index is 1060. The van der Waals surface area contributed by atoms with E-state index in [0.29, 0.717) is 0 Å². The molecular formula is C20H16FN3. The minimum absolute atomic E-state index is 0.446. The molecule has 118 valence electrons. The molecule has 0 amide bonds. The molecule has 0 atom stereocenters. The monoisotopic (exact) mass is 317 g/mol. The first-order valence-electron chi connectivity index (χ1n) is 8.34. The standard InChI is InChI=1S/C20H16FN3/c21-18-8-5-12(11-23-18)20-14-4-2-1-3-13(14)19-15-9-10-22-16(15)6-7-17(19)24-20/h5-11,24H,1-4H2. The van der Waals surface area contributed by atoms with Crippen molar-refractivity contribution >= 4 is 21.8 Å². The highest BCUT2D eigenvalue weighted by atomic mass is 19.1. The number of nitrogens with one attached hydrogen (secondary N) is 1. The van der Waals surface area contributed by atoms with E-state index in [1.165, 1.54) is 40.8 Å². The summed E-state index contributed by atoms with van der Waals surface area (Å²) in [7, 11) is 0. The number of halogens is 1. The Hall–Kier alpha value is -2.75. The van der Waals surface area contributed by atoms with Gasteiger partial charge < -0.3 is 4.98 Å². The van der Waals surface area contributed by atoms with Crippen LogP contribution in [-0.2, 0) is 12.8 Å². The van der Waals surface area contributed by atoms with Gasteiger partial charge >= 0.3 is 0 Å². The number of aromatic amines is 1. The number of aryl methyl sites for hydroxylation is 1. The molecule has 0 saturated heterocycles. The van der Waals surface area contributed by atoms with E-state index < -0.39 is 5.95 Å². The van der Waals surface area contributed by atoms with Crippen LogP contribution in [0.2, 0.25) is 0 Å². The van der Waals surface area contributed by atoms with Crippen molar-refractivity contribution in [3.63, 3.8) is 0 Å². The highest BCUT2D eigenvalue weighted by molar-refractivity contribution is 6.08. The van der Waals surface area contributed by atoms with Gasteiger partial charge in [0.05, 0.1) is 11.2 Å². The van der Waals surface area contributed by atoms with E-state index in [0.717, 1.165) is 35.1 Å². The van der Waals surface area contributed by atoms with Crippen LogP contribution in [0.4, 0.5) is 4.39 Å². The summed E-state index contributed by atoms with van der Waals surface area (Å²) in [5.74, 6) is -0.446. The van der Waals surface area contributed by atoms with Crippen molar-refractivity contribution in [1.29, 1.82) is 0 Å². The number of hydrogen-bond donors (Lipinski definition) is 1. The van der Waals surface area contributed by atoms with Gasteiger partial charge in [-0.2, -0.15) is 4.39 Å². The molecule has 0 fully saturated rings. The van der Waals surface area contributed by atoms with Crippen molar-refractivity contribution < 1.29 is 4.39 Å². The Kier molecular flexibility index (Phi) is 2.92. The molecule has 1 aliphatic carbocycles. The summed E-state index contributed by atoms with van der Waals surface area (Å²) >= 11 is 0. The second-order valence-corrected chi connectivity index (χ2v) is 6.40. The van der Waals surface area contributed by atoms with Crippen LogP contribution in [0.1, 0.15) is 24.0 Å². The van der Waals surface area contributed by atoms with Gasteiger partial charge in [0.15, 0.2) is 0 Å². The fourth-order valence-corrected chi connectivity index (χ4v) is 3.95. The first-order chi connectivity index (χ1) is 11.8. The van der Waals surface area contributed by atoms with Crippen LogP contribution in [0, 0.1) is 5.95 Å². The number of hydrogen-bond acceptors (Lipinski definition) is 2. The normalized spacial score (nSPS) is 14.2.